The van der Waals surface area contributed by atoms with Crippen molar-refractivity contribution in [1.82, 2.24) is 10.3 Å². The second kappa shape index (κ2) is 12.7. The largest absolute Gasteiger partial charge is 0.503 e. The molecule has 2 aromatic rings. The lowest BCUT2D eigenvalue weighted by Gasteiger charge is -2.31. The minimum atomic E-state index is -0.921. The molecule has 0 saturated carbocycles. The van der Waals surface area contributed by atoms with E-state index in [9.17, 15) is 14.7 Å². The fraction of sp³-hybridized carbons (Fsp3) is 0.480. The van der Waals surface area contributed by atoms with E-state index in [4.69, 9.17) is 18.9 Å². The maximum absolute atomic E-state index is 13.0. The predicted octanol–water partition coefficient (Wildman–Crippen LogP) is 4.02. The number of carbonyl (C=O) groups is 2. The average molecular weight is 551 g/mol. The molecule has 1 saturated heterocycles. The standard InChI is InChI=1S/C25H31BrN2O7/c1-4-14-33-20-7-5-6-18(28-24(30)21-22(29)19(32-3)12-13-27-21)25(31)34-15(2)23(20)35-17-10-8-16(26)9-11-17/h8-13,15,18,20,23,29H,4-7,14H2,1-3H3,(H,28,30)/t15-,18-,20-,23-/m0/s1. The van der Waals surface area contributed by atoms with Crippen molar-refractivity contribution in [3.05, 3.63) is 46.7 Å². The summed E-state index contributed by atoms with van der Waals surface area (Å²) in [5, 5.41) is 12.9. The maximum atomic E-state index is 13.0. The van der Waals surface area contributed by atoms with Gasteiger partial charge in [0.1, 0.15) is 17.9 Å². The van der Waals surface area contributed by atoms with Gasteiger partial charge in [0.15, 0.2) is 23.3 Å². The minimum Gasteiger partial charge on any atom is -0.503 e. The number of methoxy groups -OCH3 is 1. The Morgan fingerprint density at radius 2 is 2.00 bits per heavy atom. The summed E-state index contributed by atoms with van der Waals surface area (Å²) in [5.74, 6) is -0.937. The zero-order valence-electron chi connectivity index (χ0n) is 20.0. The summed E-state index contributed by atoms with van der Waals surface area (Å²) in [4.78, 5) is 29.7. The minimum absolute atomic E-state index is 0.111. The number of aromatic hydroxyl groups is 1. The van der Waals surface area contributed by atoms with Gasteiger partial charge in [-0.1, -0.05) is 22.9 Å². The van der Waals surface area contributed by atoms with Gasteiger partial charge in [0, 0.05) is 23.3 Å². The second-order valence-electron chi connectivity index (χ2n) is 8.26. The van der Waals surface area contributed by atoms with Gasteiger partial charge in [-0.2, -0.15) is 0 Å². The van der Waals surface area contributed by atoms with E-state index in [1.54, 1.807) is 6.92 Å². The highest BCUT2D eigenvalue weighted by atomic mass is 79.9. The molecule has 0 unspecified atom stereocenters. The van der Waals surface area contributed by atoms with Crippen molar-refractivity contribution in [2.24, 2.45) is 0 Å². The highest BCUT2D eigenvalue weighted by Gasteiger charge is 2.36. The van der Waals surface area contributed by atoms with E-state index in [0.29, 0.717) is 31.6 Å². The van der Waals surface area contributed by atoms with E-state index in [2.05, 4.69) is 26.2 Å². The zero-order valence-corrected chi connectivity index (χ0v) is 21.6. The summed E-state index contributed by atoms with van der Waals surface area (Å²) in [5.41, 5.74) is -0.231. The lowest BCUT2D eigenvalue weighted by atomic mass is 10.0. The van der Waals surface area contributed by atoms with Crippen molar-refractivity contribution in [3.8, 4) is 17.2 Å². The maximum Gasteiger partial charge on any atom is 0.329 e. The number of nitrogens with one attached hydrogen (secondary N) is 1. The third-order valence-electron chi connectivity index (χ3n) is 5.65. The van der Waals surface area contributed by atoms with Crippen LogP contribution in [0, 0.1) is 0 Å². The van der Waals surface area contributed by atoms with Gasteiger partial charge in [0.05, 0.1) is 13.2 Å². The van der Waals surface area contributed by atoms with E-state index < -0.39 is 35.9 Å². The Labute approximate surface area is 213 Å². The van der Waals surface area contributed by atoms with Gasteiger partial charge in [-0.3, -0.25) is 4.79 Å². The Balaban J connectivity index is 1.77. The summed E-state index contributed by atoms with van der Waals surface area (Å²) in [6.07, 6.45) is 2.22. The topological polar surface area (TPSA) is 116 Å². The molecule has 35 heavy (non-hydrogen) atoms. The Kier molecular flexibility index (Phi) is 9.73. The third-order valence-corrected chi connectivity index (χ3v) is 6.18. The average Bonchev–Trinajstić information content (AvgIpc) is 2.89. The number of nitrogens with zero attached hydrogens (tertiary/aromatic N) is 1. The van der Waals surface area contributed by atoms with Gasteiger partial charge in [-0.05, 0) is 56.9 Å². The molecule has 1 aliphatic rings. The predicted molar refractivity (Wildman–Crippen MR) is 132 cm³/mol. The molecule has 0 bridgehead atoms. The number of aromatic nitrogens is 1. The molecule has 0 spiro atoms. The van der Waals surface area contributed by atoms with Crippen LogP contribution in [0.2, 0.25) is 0 Å². The Bertz CT molecular complexity index is 1000. The van der Waals surface area contributed by atoms with E-state index in [-0.39, 0.29) is 17.5 Å². The van der Waals surface area contributed by atoms with Crippen LogP contribution >= 0.6 is 15.9 Å². The Morgan fingerprint density at radius 3 is 2.69 bits per heavy atom. The van der Waals surface area contributed by atoms with Crippen LogP contribution in [0.5, 0.6) is 17.2 Å². The number of ether oxygens (including phenoxy) is 4. The Morgan fingerprint density at radius 1 is 1.26 bits per heavy atom. The van der Waals surface area contributed by atoms with Gasteiger partial charge < -0.3 is 29.4 Å². The first-order valence-corrected chi connectivity index (χ1v) is 12.4. The molecule has 190 valence electrons. The number of benzene rings is 1. The van der Waals surface area contributed by atoms with Gasteiger partial charge in [-0.15, -0.1) is 0 Å². The fourth-order valence-corrected chi connectivity index (χ4v) is 4.12. The first kappa shape index (κ1) is 26.7. The molecule has 10 heteroatoms. The number of rotatable bonds is 8. The van der Waals surface area contributed by atoms with Gasteiger partial charge >= 0.3 is 5.97 Å². The molecular formula is C25H31BrN2O7. The lowest BCUT2D eigenvalue weighted by molar-refractivity contribution is -0.159. The van der Waals surface area contributed by atoms with E-state index in [0.717, 1.165) is 10.9 Å². The second-order valence-corrected chi connectivity index (χ2v) is 9.17. The molecular weight excluding hydrogens is 520 g/mol. The van der Waals surface area contributed by atoms with Crippen LogP contribution in [0.4, 0.5) is 0 Å². The highest BCUT2D eigenvalue weighted by molar-refractivity contribution is 9.10. The van der Waals surface area contributed by atoms with Gasteiger partial charge in [0.2, 0.25) is 0 Å². The van der Waals surface area contributed by atoms with Gasteiger partial charge in [-0.25, -0.2) is 9.78 Å². The number of hydrogen-bond acceptors (Lipinski definition) is 8. The highest BCUT2D eigenvalue weighted by Crippen LogP contribution is 2.28. The van der Waals surface area contributed by atoms with E-state index in [1.165, 1.54) is 19.4 Å². The Hall–Kier alpha value is -2.85. The molecule has 1 fully saturated rings. The summed E-state index contributed by atoms with van der Waals surface area (Å²) in [6, 6.07) is 7.92. The summed E-state index contributed by atoms with van der Waals surface area (Å²) >= 11 is 3.41. The van der Waals surface area contributed by atoms with Crippen molar-refractivity contribution in [2.75, 3.05) is 13.7 Å². The molecule has 2 heterocycles. The number of halogens is 1. The quantitative estimate of drug-likeness (QED) is 0.473. The van der Waals surface area contributed by atoms with Crippen molar-refractivity contribution >= 4 is 27.8 Å². The molecule has 0 aliphatic carbocycles. The number of amides is 1. The van der Waals surface area contributed by atoms with Crippen LogP contribution < -0.4 is 14.8 Å². The van der Waals surface area contributed by atoms with Crippen molar-refractivity contribution in [1.29, 1.82) is 0 Å². The first-order valence-electron chi connectivity index (χ1n) is 11.6. The van der Waals surface area contributed by atoms with Crippen LogP contribution in [-0.4, -0.2) is 60.0 Å². The van der Waals surface area contributed by atoms with Crippen LogP contribution in [0.3, 0.4) is 0 Å². The molecule has 9 nitrogen and oxygen atoms in total. The monoisotopic (exact) mass is 550 g/mol. The molecule has 4 atom stereocenters. The molecule has 3 rings (SSSR count). The van der Waals surface area contributed by atoms with Crippen LogP contribution in [-0.2, 0) is 14.3 Å². The molecule has 1 aromatic carbocycles. The van der Waals surface area contributed by atoms with Crippen molar-refractivity contribution in [2.45, 2.75) is 63.9 Å². The van der Waals surface area contributed by atoms with Crippen LogP contribution in [0.1, 0.15) is 50.0 Å². The molecule has 2 N–H and O–H groups in total. The number of esters is 1. The fourth-order valence-electron chi connectivity index (χ4n) is 3.85. The van der Waals surface area contributed by atoms with Gasteiger partial charge in [0.25, 0.3) is 5.91 Å². The molecule has 1 aromatic heterocycles. The lowest BCUT2D eigenvalue weighted by Crippen LogP contribution is -2.46. The summed E-state index contributed by atoms with van der Waals surface area (Å²) in [6.45, 7) is 4.33. The summed E-state index contributed by atoms with van der Waals surface area (Å²) < 4.78 is 24.0. The number of pyridine rings is 1. The molecule has 1 aliphatic heterocycles. The number of cyclic esters (lactones) is 1. The molecule has 0 radical (unpaired) electrons. The SMILES string of the molecule is CCCO[C@H]1CCC[C@H](NC(=O)c2nccc(OC)c2O)C(=O)O[C@@H](C)[C@@H]1Oc1ccc(Br)cc1. The normalized spacial score (nSPS) is 22.8. The number of carbonyl (C=O) groups excluding carboxylic acids is 2. The van der Waals surface area contributed by atoms with E-state index in [1.807, 2.05) is 31.2 Å². The van der Waals surface area contributed by atoms with Crippen molar-refractivity contribution in [3.63, 3.8) is 0 Å². The summed E-state index contributed by atoms with van der Waals surface area (Å²) in [7, 11) is 1.37. The first-order chi connectivity index (χ1) is 16.8. The third kappa shape index (κ3) is 7.08. The van der Waals surface area contributed by atoms with Crippen LogP contribution in [0.25, 0.3) is 0 Å². The smallest absolute Gasteiger partial charge is 0.329 e. The van der Waals surface area contributed by atoms with E-state index >= 15 is 0 Å². The zero-order chi connectivity index (χ0) is 25.4. The molecule has 1 amide bonds. The number of hydrogen-bond donors (Lipinski definition) is 2. The van der Waals surface area contributed by atoms with Crippen molar-refractivity contribution < 1.29 is 33.6 Å². The van der Waals surface area contributed by atoms with Crippen LogP contribution in [0.15, 0.2) is 41.0 Å².